The van der Waals surface area contributed by atoms with Crippen LogP contribution < -0.4 is 5.73 Å². The van der Waals surface area contributed by atoms with E-state index < -0.39 is 24.0 Å². The summed E-state index contributed by atoms with van der Waals surface area (Å²) in [5.74, 6) is -0.308. The summed E-state index contributed by atoms with van der Waals surface area (Å²) >= 11 is 4.90. The molecule has 7 heteroatoms. The van der Waals surface area contributed by atoms with Crippen molar-refractivity contribution in [3.05, 3.63) is 0 Å². The standard InChI is InChI=1S/C12H19F3N2OS/c1-3-4-17(7-12(13,14)15)10(18)11(9(16)19)5-8(2)6-11/h8H,3-7H2,1-2H3,(H2,16,19). The van der Waals surface area contributed by atoms with Gasteiger partial charge in [-0.3, -0.25) is 4.79 Å². The number of carbonyl (C=O) groups is 1. The third-order valence-corrected chi connectivity index (χ3v) is 3.82. The van der Waals surface area contributed by atoms with Crippen LogP contribution >= 0.6 is 12.2 Å². The number of nitrogens with two attached hydrogens (primary N) is 1. The van der Waals surface area contributed by atoms with Crippen LogP contribution in [0.2, 0.25) is 0 Å². The van der Waals surface area contributed by atoms with Gasteiger partial charge in [-0.2, -0.15) is 13.2 Å². The van der Waals surface area contributed by atoms with Gasteiger partial charge >= 0.3 is 6.18 Å². The summed E-state index contributed by atoms with van der Waals surface area (Å²) in [4.78, 5) is 13.2. The van der Waals surface area contributed by atoms with Crippen LogP contribution in [0, 0.1) is 11.3 Å². The summed E-state index contributed by atoms with van der Waals surface area (Å²) in [6, 6.07) is 0. The first-order chi connectivity index (χ1) is 8.62. The zero-order valence-corrected chi connectivity index (χ0v) is 11.9. The van der Waals surface area contributed by atoms with Gasteiger partial charge in [0, 0.05) is 6.54 Å². The lowest BCUT2D eigenvalue weighted by molar-refractivity contribution is -0.169. The van der Waals surface area contributed by atoms with Crippen molar-refractivity contribution < 1.29 is 18.0 Å². The molecule has 0 aromatic heterocycles. The van der Waals surface area contributed by atoms with Gasteiger partial charge in [0.15, 0.2) is 0 Å². The first-order valence-corrected chi connectivity index (χ1v) is 6.69. The highest BCUT2D eigenvalue weighted by molar-refractivity contribution is 7.80. The topological polar surface area (TPSA) is 46.3 Å². The van der Waals surface area contributed by atoms with E-state index in [2.05, 4.69) is 0 Å². The molecule has 0 aromatic rings. The summed E-state index contributed by atoms with van der Waals surface area (Å²) in [7, 11) is 0. The van der Waals surface area contributed by atoms with Crippen molar-refractivity contribution >= 4 is 23.1 Å². The number of halogens is 3. The minimum absolute atomic E-state index is 0.0128. The predicted molar refractivity (Wildman–Crippen MR) is 70.5 cm³/mol. The van der Waals surface area contributed by atoms with Gasteiger partial charge in [-0.1, -0.05) is 26.1 Å². The molecule has 1 amide bonds. The van der Waals surface area contributed by atoms with Crippen molar-refractivity contribution in [1.82, 2.24) is 4.90 Å². The molecule has 0 spiro atoms. The molecule has 0 aromatic carbocycles. The Labute approximate surface area is 116 Å². The zero-order valence-electron chi connectivity index (χ0n) is 11.1. The maximum absolute atomic E-state index is 12.5. The number of hydrogen-bond donors (Lipinski definition) is 1. The average molecular weight is 296 g/mol. The monoisotopic (exact) mass is 296 g/mol. The number of nitrogens with zero attached hydrogens (tertiary/aromatic N) is 1. The van der Waals surface area contributed by atoms with Crippen molar-refractivity contribution in [3.8, 4) is 0 Å². The van der Waals surface area contributed by atoms with Crippen molar-refractivity contribution in [1.29, 1.82) is 0 Å². The van der Waals surface area contributed by atoms with E-state index in [1.165, 1.54) is 0 Å². The molecule has 1 aliphatic carbocycles. The smallest absolute Gasteiger partial charge is 0.392 e. The maximum atomic E-state index is 12.5. The van der Waals surface area contributed by atoms with Gasteiger partial charge < -0.3 is 10.6 Å². The normalized spacial score (nSPS) is 26.7. The third-order valence-electron chi connectivity index (χ3n) is 3.43. The number of thiocarbonyl (C=S) groups is 1. The molecule has 0 bridgehead atoms. The van der Waals surface area contributed by atoms with Crippen LogP contribution in [0.4, 0.5) is 13.2 Å². The average Bonchev–Trinajstić information content (AvgIpc) is 2.20. The fourth-order valence-electron chi connectivity index (χ4n) is 2.65. The van der Waals surface area contributed by atoms with E-state index in [9.17, 15) is 18.0 Å². The number of carbonyl (C=O) groups excluding carboxylic acids is 1. The Kier molecular flexibility index (Phi) is 4.81. The number of alkyl halides is 3. The Bertz CT molecular complexity index is 364. The molecule has 0 radical (unpaired) electrons. The first-order valence-electron chi connectivity index (χ1n) is 6.28. The summed E-state index contributed by atoms with van der Waals surface area (Å²) in [6.45, 7) is 2.49. The van der Waals surface area contributed by atoms with Crippen LogP contribution in [0.25, 0.3) is 0 Å². The summed E-state index contributed by atoms with van der Waals surface area (Å²) < 4.78 is 37.6. The van der Waals surface area contributed by atoms with Crippen LogP contribution in [-0.4, -0.2) is 35.1 Å². The van der Waals surface area contributed by atoms with Crippen LogP contribution in [0.3, 0.4) is 0 Å². The number of hydrogen-bond acceptors (Lipinski definition) is 2. The molecule has 1 fully saturated rings. The molecule has 1 saturated carbocycles. The van der Waals surface area contributed by atoms with E-state index in [1.54, 1.807) is 6.92 Å². The predicted octanol–water partition coefficient (Wildman–Crippen LogP) is 2.49. The molecular weight excluding hydrogens is 277 g/mol. The van der Waals surface area contributed by atoms with Crippen molar-refractivity contribution in [2.24, 2.45) is 17.1 Å². The van der Waals surface area contributed by atoms with Gasteiger partial charge in [0.25, 0.3) is 0 Å². The zero-order chi connectivity index (χ0) is 14.8. The Morgan fingerprint density at radius 3 is 2.32 bits per heavy atom. The second kappa shape index (κ2) is 5.64. The van der Waals surface area contributed by atoms with Crippen LogP contribution in [0.5, 0.6) is 0 Å². The molecular formula is C12H19F3N2OS. The van der Waals surface area contributed by atoms with Crippen LogP contribution in [0.15, 0.2) is 0 Å². The summed E-state index contributed by atoms with van der Waals surface area (Å²) in [5, 5.41) is 0. The SMILES string of the molecule is CCCN(CC(F)(F)F)C(=O)C1(C(N)=S)CC(C)C1. The summed E-state index contributed by atoms with van der Waals surface area (Å²) in [5.41, 5.74) is 4.54. The highest BCUT2D eigenvalue weighted by Crippen LogP contribution is 2.47. The molecule has 0 aliphatic heterocycles. The highest BCUT2D eigenvalue weighted by atomic mass is 32.1. The molecule has 3 nitrogen and oxygen atoms in total. The van der Waals surface area contributed by atoms with Gasteiger partial charge in [-0.05, 0) is 25.2 Å². The quantitative estimate of drug-likeness (QED) is 0.793. The number of rotatable bonds is 5. The minimum atomic E-state index is -4.41. The Balaban J connectivity index is 2.89. The second-order valence-corrected chi connectivity index (χ2v) is 5.74. The van der Waals surface area contributed by atoms with E-state index in [0.29, 0.717) is 19.3 Å². The molecule has 0 unspecified atom stereocenters. The van der Waals surface area contributed by atoms with Gasteiger partial charge in [-0.25, -0.2) is 0 Å². The van der Waals surface area contributed by atoms with Gasteiger partial charge in [0.1, 0.15) is 6.54 Å². The third kappa shape index (κ3) is 3.58. The van der Waals surface area contributed by atoms with E-state index in [0.717, 1.165) is 4.90 Å². The molecule has 1 rings (SSSR count). The van der Waals surface area contributed by atoms with Crippen LogP contribution in [0.1, 0.15) is 33.1 Å². The molecule has 0 atom stereocenters. The Morgan fingerprint density at radius 2 is 2.00 bits per heavy atom. The van der Waals surface area contributed by atoms with Gasteiger partial charge in [-0.15, -0.1) is 0 Å². The Hall–Kier alpha value is -0.850. The lowest BCUT2D eigenvalue weighted by Gasteiger charge is -2.46. The van der Waals surface area contributed by atoms with E-state index in [4.69, 9.17) is 18.0 Å². The second-order valence-electron chi connectivity index (χ2n) is 5.30. The summed E-state index contributed by atoms with van der Waals surface area (Å²) in [6.07, 6.45) is -3.05. The molecule has 0 saturated heterocycles. The molecule has 110 valence electrons. The molecule has 19 heavy (non-hydrogen) atoms. The fourth-order valence-corrected chi connectivity index (χ4v) is 2.91. The lowest BCUT2D eigenvalue weighted by atomic mass is 9.61. The molecule has 1 aliphatic rings. The van der Waals surface area contributed by atoms with Crippen molar-refractivity contribution in [3.63, 3.8) is 0 Å². The first kappa shape index (κ1) is 16.2. The molecule has 2 N–H and O–H groups in total. The molecule has 0 heterocycles. The van der Waals surface area contributed by atoms with E-state index in [-0.39, 0.29) is 17.5 Å². The minimum Gasteiger partial charge on any atom is -0.392 e. The van der Waals surface area contributed by atoms with E-state index >= 15 is 0 Å². The lowest BCUT2D eigenvalue weighted by Crippen LogP contribution is -2.58. The Morgan fingerprint density at radius 1 is 1.47 bits per heavy atom. The van der Waals surface area contributed by atoms with E-state index in [1.807, 2.05) is 6.92 Å². The van der Waals surface area contributed by atoms with Crippen molar-refractivity contribution in [2.75, 3.05) is 13.1 Å². The van der Waals surface area contributed by atoms with Crippen molar-refractivity contribution in [2.45, 2.75) is 39.3 Å². The maximum Gasteiger partial charge on any atom is 0.406 e. The number of amides is 1. The van der Waals surface area contributed by atoms with Crippen LogP contribution in [-0.2, 0) is 4.79 Å². The fraction of sp³-hybridized carbons (Fsp3) is 0.833. The van der Waals surface area contributed by atoms with Gasteiger partial charge in [0.05, 0.1) is 10.4 Å². The van der Waals surface area contributed by atoms with Gasteiger partial charge in [0.2, 0.25) is 5.91 Å². The highest BCUT2D eigenvalue weighted by Gasteiger charge is 2.53. The largest absolute Gasteiger partial charge is 0.406 e.